The second-order valence-corrected chi connectivity index (χ2v) is 9.01. The Hall–Kier alpha value is -3.30. The van der Waals surface area contributed by atoms with Crippen LogP contribution < -0.4 is 14.8 Å². The highest BCUT2D eigenvalue weighted by molar-refractivity contribution is 6.35. The molecule has 0 fully saturated rings. The van der Waals surface area contributed by atoms with Crippen LogP contribution in [-0.2, 0) is 16.1 Å². The maximum absolute atomic E-state index is 13.1. The van der Waals surface area contributed by atoms with Gasteiger partial charge in [0.25, 0.3) is 0 Å². The Kier molecular flexibility index (Phi) is 8.32. The molecule has 190 valence electrons. The minimum absolute atomic E-state index is 0.230. The van der Waals surface area contributed by atoms with Crippen LogP contribution >= 0.6 is 23.2 Å². The van der Waals surface area contributed by atoms with Gasteiger partial charge in [-0.15, -0.1) is 0 Å². The predicted octanol–water partition coefficient (Wildman–Crippen LogP) is 5.59. The molecule has 1 N–H and O–H groups in total. The SMILES string of the molecule is CCCCOC(=O)C1=C(C)Nc2nnnn2C1c1ccc(OCc2ccc(Cl)cc2Cl)c(OCC)c1. The van der Waals surface area contributed by atoms with E-state index in [4.69, 9.17) is 37.4 Å². The van der Waals surface area contributed by atoms with Gasteiger partial charge < -0.3 is 19.5 Å². The molecule has 0 bridgehead atoms. The van der Waals surface area contributed by atoms with E-state index in [0.717, 1.165) is 24.0 Å². The van der Waals surface area contributed by atoms with Crippen LogP contribution in [0.15, 0.2) is 47.7 Å². The number of rotatable bonds is 10. The first-order valence-corrected chi connectivity index (χ1v) is 12.4. The van der Waals surface area contributed by atoms with Crippen LogP contribution in [0, 0.1) is 0 Å². The quantitative estimate of drug-likeness (QED) is 0.267. The van der Waals surface area contributed by atoms with Gasteiger partial charge in [0.05, 0.1) is 18.8 Å². The maximum atomic E-state index is 13.1. The molecular weight excluding hydrogens is 505 g/mol. The van der Waals surface area contributed by atoms with Crippen LogP contribution in [0.4, 0.5) is 5.95 Å². The number of benzene rings is 2. The number of esters is 1. The number of allylic oxidation sites excluding steroid dienone is 1. The smallest absolute Gasteiger partial charge is 0.338 e. The average molecular weight is 532 g/mol. The number of fused-ring (bicyclic) bond motifs is 1. The number of hydrogen-bond donors (Lipinski definition) is 1. The fourth-order valence-electron chi connectivity index (χ4n) is 3.85. The number of carbonyl (C=O) groups is 1. The molecule has 11 heteroatoms. The number of hydrogen-bond acceptors (Lipinski definition) is 8. The fraction of sp³-hybridized carbons (Fsp3) is 0.360. The molecule has 0 spiro atoms. The minimum atomic E-state index is -0.607. The van der Waals surface area contributed by atoms with Gasteiger partial charge in [-0.3, -0.25) is 0 Å². The number of nitrogens with one attached hydrogen (secondary N) is 1. The summed E-state index contributed by atoms with van der Waals surface area (Å²) in [5, 5.41) is 16.1. The zero-order chi connectivity index (χ0) is 25.7. The minimum Gasteiger partial charge on any atom is -0.490 e. The zero-order valence-corrected chi connectivity index (χ0v) is 21.8. The van der Waals surface area contributed by atoms with E-state index in [2.05, 4.69) is 20.8 Å². The average Bonchev–Trinajstić information content (AvgIpc) is 3.31. The number of halogens is 2. The lowest BCUT2D eigenvalue weighted by molar-refractivity contribution is -0.139. The van der Waals surface area contributed by atoms with E-state index in [0.29, 0.717) is 52.0 Å². The molecule has 0 radical (unpaired) electrons. The second-order valence-electron chi connectivity index (χ2n) is 8.17. The summed E-state index contributed by atoms with van der Waals surface area (Å²) in [5.41, 5.74) is 2.58. The Labute approximate surface area is 219 Å². The van der Waals surface area contributed by atoms with E-state index >= 15 is 0 Å². The van der Waals surface area contributed by atoms with Crippen LogP contribution in [0.1, 0.15) is 50.8 Å². The Balaban J connectivity index is 1.66. The third kappa shape index (κ3) is 5.57. The largest absolute Gasteiger partial charge is 0.490 e. The standard InChI is InChI=1S/C25H27Cl2N5O4/c1-4-6-11-35-24(33)22-15(3)28-25-29-30-31-32(25)23(22)16-8-10-20(21(12-16)34-5-2)36-14-17-7-9-18(26)13-19(17)27/h7-10,12-13,23H,4-6,11,14H2,1-3H3,(H,28,29,31). The molecule has 1 atom stereocenters. The van der Waals surface area contributed by atoms with Gasteiger partial charge in [0, 0.05) is 21.3 Å². The van der Waals surface area contributed by atoms with Crippen molar-refractivity contribution < 1.29 is 19.0 Å². The van der Waals surface area contributed by atoms with Crippen molar-refractivity contribution in [2.75, 3.05) is 18.5 Å². The Morgan fingerprint density at radius 2 is 1.94 bits per heavy atom. The van der Waals surface area contributed by atoms with Gasteiger partial charge in [-0.2, -0.15) is 4.68 Å². The lowest BCUT2D eigenvalue weighted by Gasteiger charge is -2.28. The predicted molar refractivity (Wildman–Crippen MR) is 137 cm³/mol. The van der Waals surface area contributed by atoms with Gasteiger partial charge in [0.2, 0.25) is 5.95 Å². The lowest BCUT2D eigenvalue weighted by Crippen LogP contribution is -2.30. The number of anilines is 1. The summed E-state index contributed by atoms with van der Waals surface area (Å²) in [6.07, 6.45) is 1.70. The monoisotopic (exact) mass is 531 g/mol. The van der Waals surface area contributed by atoms with E-state index in [-0.39, 0.29) is 6.61 Å². The highest BCUT2D eigenvalue weighted by atomic mass is 35.5. The summed E-state index contributed by atoms with van der Waals surface area (Å²) in [6, 6.07) is 10.1. The van der Waals surface area contributed by atoms with Crippen LogP contribution in [0.25, 0.3) is 0 Å². The summed E-state index contributed by atoms with van der Waals surface area (Å²) in [4.78, 5) is 13.1. The maximum Gasteiger partial charge on any atom is 0.338 e. The van der Waals surface area contributed by atoms with Gasteiger partial charge >= 0.3 is 5.97 Å². The van der Waals surface area contributed by atoms with Gasteiger partial charge in [-0.1, -0.05) is 53.8 Å². The van der Waals surface area contributed by atoms with Crippen molar-refractivity contribution in [3.8, 4) is 11.5 Å². The van der Waals surface area contributed by atoms with Crippen molar-refractivity contribution in [2.24, 2.45) is 0 Å². The van der Waals surface area contributed by atoms with Crippen molar-refractivity contribution in [2.45, 2.75) is 46.3 Å². The molecule has 4 rings (SSSR count). The molecule has 0 amide bonds. The molecular formula is C25H27Cl2N5O4. The number of aromatic nitrogens is 4. The summed E-state index contributed by atoms with van der Waals surface area (Å²) in [7, 11) is 0. The molecule has 2 aromatic carbocycles. The molecule has 0 saturated heterocycles. The molecule has 1 aromatic heterocycles. The van der Waals surface area contributed by atoms with Crippen molar-refractivity contribution in [1.82, 2.24) is 20.2 Å². The van der Waals surface area contributed by atoms with Crippen molar-refractivity contribution in [3.63, 3.8) is 0 Å². The van der Waals surface area contributed by atoms with Crippen LogP contribution in [0.3, 0.4) is 0 Å². The lowest BCUT2D eigenvalue weighted by atomic mass is 9.95. The third-order valence-corrected chi connectivity index (χ3v) is 6.23. The molecule has 36 heavy (non-hydrogen) atoms. The first-order chi connectivity index (χ1) is 17.4. The summed E-state index contributed by atoms with van der Waals surface area (Å²) < 4.78 is 19.0. The van der Waals surface area contributed by atoms with E-state index in [1.165, 1.54) is 0 Å². The summed E-state index contributed by atoms with van der Waals surface area (Å²) in [6.45, 7) is 6.72. The fourth-order valence-corrected chi connectivity index (χ4v) is 4.31. The Bertz CT molecular complexity index is 1280. The second kappa shape index (κ2) is 11.6. The van der Waals surface area contributed by atoms with Crippen molar-refractivity contribution in [1.29, 1.82) is 0 Å². The molecule has 1 unspecified atom stereocenters. The van der Waals surface area contributed by atoms with E-state index in [9.17, 15) is 4.79 Å². The Morgan fingerprint density at radius 3 is 2.69 bits per heavy atom. The number of unbranched alkanes of at least 4 members (excludes halogenated alkanes) is 1. The number of nitrogens with zero attached hydrogens (tertiary/aromatic N) is 4. The topological polar surface area (TPSA) is 100 Å². The van der Waals surface area contributed by atoms with Crippen LogP contribution in [0.5, 0.6) is 11.5 Å². The van der Waals surface area contributed by atoms with Gasteiger partial charge in [-0.05, 0) is 60.5 Å². The summed E-state index contributed by atoms with van der Waals surface area (Å²) >= 11 is 12.3. The zero-order valence-electron chi connectivity index (χ0n) is 20.3. The van der Waals surface area contributed by atoms with Gasteiger partial charge in [0.15, 0.2) is 11.5 Å². The molecule has 1 aliphatic heterocycles. The number of tetrazole rings is 1. The third-order valence-electron chi connectivity index (χ3n) is 5.65. The van der Waals surface area contributed by atoms with Gasteiger partial charge in [0.1, 0.15) is 12.6 Å². The van der Waals surface area contributed by atoms with E-state index < -0.39 is 12.0 Å². The van der Waals surface area contributed by atoms with Crippen molar-refractivity contribution in [3.05, 3.63) is 68.8 Å². The van der Waals surface area contributed by atoms with Crippen molar-refractivity contribution >= 4 is 35.1 Å². The molecule has 0 aliphatic carbocycles. The number of carbonyl (C=O) groups excluding carboxylic acids is 1. The molecule has 2 heterocycles. The molecule has 0 saturated carbocycles. The first-order valence-electron chi connectivity index (χ1n) is 11.7. The van der Waals surface area contributed by atoms with Gasteiger partial charge in [-0.25, -0.2) is 4.79 Å². The first kappa shape index (κ1) is 25.8. The highest BCUT2D eigenvalue weighted by Crippen LogP contribution is 2.39. The Morgan fingerprint density at radius 1 is 1.11 bits per heavy atom. The highest BCUT2D eigenvalue weighted by Gasteiger charge is 2.35. The van der Waals surface area contributed by atoms with Crippen LogP contribution in [0.2, 0.25) is 10.0 Å². The van der Waals surface area contributed by atoms with Crippen LogP contribution in [-0.4, -0.2) is 39.4 Å². The summed E-state index contributed by atoms with van der Waals surface area (Å²) in [5.74, 6) is 1.06. The normalized spacial score (nSPS) is 14.8. The molecule has 1 aliphatic rings. The number of ether oxygens (including phenoxy) is 3. The molecule has 9 nitrogen and oxygen atoms in total. The van der Waals surface area contributed by atoms with E-state index in [1.807, 2.05) is 32.0 Å². The van der Waals surface area contributed by atoms with E-state index in [1.54, 1.807) is 29.8 Å². The molecule has 3 aromatic rings.